The Hall–Kier alpha value is -1.85. The Kier molecular flexibility index (Phi) is 3.35. The molecule has 26 heavy (non-hydrogen) atoms. The summed E-state index contributed by atoms with van der Waals surface area (Å²) in [4.78, 5) is 12.4. The molecule has 3 saturated carbocycles. The summed E-state index contributed by atoms with van der Waals surface area (Å²) >= 11 is 0. The first kappa shape index (κ1) is 16.3. The van der Waals surface area contributed by atoms with Gasteiger partial charge in [0.05, 0.1) is 31.9 Å². The summed E-state index contributed by atoms with van der Waals surface area (Å²) in [6, 6.07) is 9.10. The maximum Gasteiger partial charge on any atom is 0.340 e. The van der Waals surface area contributed by atoms with E-state index in [4.69, 9.17) is 9.47 Å². The molecular weight excluding hydrogens is 328 g/mol. The van der Waals surface area contributed by atoms with Crippen molar-refractivity contribution >= 4 is 16.9 Å². The summed E-state index contributed by atoms with van der Waals surface area (Å²) in [6.07, 6.45) is 3.66. The van der Waals surface area contributed by atoms with Crippen LogP contribution < -0.4 is 5.32 Å². The van der Waals surface area contributed by atoms with Crippen LogP contribution in [0, 0.1) is 12.3 Å². The van der Waals surface area contributed by atoms with Gasteiger partial charge in [0.1, 0.15) is 0 Å². The molecule has 1 saturated heterocycles. The number of esters is 1. The minimum Gasteiger partial charge on any atom is -0.465 e. The largest absolute Gasteiger partial charge is 0.465 e. The van der Waals surface area contributed by atoms with Crippen molar-refractivity contribution in [3.05, 3.63) is 35.5 Å². The molecular formula is C21H26N2O3. The average Bonchev–Trinajstić information content (AvgIpc) is 2.81. The second-order valence-electron chi connectivity index (χ2n) is 8.57. The highest BCUT2D eigenvalue weighted by molar-refractivity contribution is 6.06. The van der Waals surface area contributed by atoms with Gasteiger partial charge in [-0.15, -0.1) is 0 Å². The molecule has 1 N–H and O–H groups in total. The van der Waals surface area contributed by atoms with Crippen LogP contribution in [0.1, 0.15) is 48.3 Å². The van der Waals surface area contributed by atoms with Gasteiger partial charge >= 0.3 is 5.97 Å². The molecule has 0 radical (unpaired) electrons. The smallest absolute Gasteiger partial charge is 0.340 e. The van der Waals surface area contributed by atoms with Crippen molar-refractivity contribution in [3.8, 4) is 0 Å². The number of nitrogens with one attached hydrogen (secondary N) is 1. The van der Waals surface area contributed by atoms with Gasteiger partial charge in [-0.2, -0.15) is 0 Å². The number of methoxy groups -OCH3 is 1. The second-order valence-corrected chi connectivity index (χ2v) is 8.57. The van der Waals surface area contributed by atoms with E-state index in [9.17, 15) is 4.79 Å². The first-order valence-corrected chi connectivity index (χ1v) is 9.52. The maximum absolute atomic E-state index is 12.4. The van der Waals surface area contributed by atoms with E-state index in [2.05, 4.69) is 22.9 Å². The van der Waals surface area contributed by atoms with Crippen molar-refractivity contribution in [3.63, 3.8) is 0 Å². The minimum absolute atomic E-state index is 0.245. The Morgan fingerprint density at radius 2 is 2.00 bits per heavy atom. The monoisotopic (exact) mass is 354 g/mol. The van der Waals surface area contributed by atoms with E-state index >= 15 is 0 Å². The third kappa shape index (κ3) is 2.01. The fourth-order valence-electron chi connectivity index (χ4n) is 5.74. The molecule has 0 unspecified atom stereocenters. The van der Waals surface area contributed by atoms with Crippen LogP contribution in [0.5, 0.6) is 0 Å². The van der Waals surface area contributed by atoms with Crippen LogP contribution in [0.4, 0.5) is 0 Å². The van der Waals surface area contributed by atoms with E-state index in [1.807, 2.05) is 25.1 Å². The number of carbonyl (C=O) groups is 1. The molecule has 3 aliphatic carbocycles. The first-order valence-electron chi connectivity index (χ1n) is 9.52. The summed E-state index contributed by atoms with van der Waals surface area (Å²) in [5, 5.41) is 4.80. The molecule has 138 valence electrons. The zero-order valence-corrected chi connectivity index (χ0v) is 15.7. The van der Waals surface area contributed by atoms with E-state index in [0.29, 0.717) is 28.6 Å². The van der Waals surface area contributed by atoms with Crippen molar-refractivity contribution in [2.24, 2.45) is 5.41 Å². The van der Waals surface area contributed by atoms with Gasteiger partial charge in [0, 0.05) is 28.2 Å². The zero-order valence-electron chi connectivity index (χ0n) is 15.7. The van der Waals surface area contributed by atoms with Gasteiger partial charge in [0.25, 0.3) is 0 Å². The van der Waals surface area contributed by atoms with Crippen LogP contribution in [-0.2, 0) is 9.47 Å². The lowest BCUT2D eigenvalue weighted by Crippen LogP contribution is -2.78. The molecule has 1 aromatic carbocycles. The summed E-state index contributed by atoms with van der Waals surface area (Å²) in [5.41, 5.74) is 3.55. The highest BCUT2D eigenvalue weighted by Gasteiger charge is 2.70. The van der Waals surface area contributed by atoms with Gasteiger partial charge < -0.3 is 19.4 Å². The number of carbonyl (C=O) groups excluding carboxylic acids is 1. The van der Waals surface area contributed by atoms with Crippen LogP contribution in [0.3, 0.4) is 0 Å². The highest BCUT2D eigenvalue weighted by atomic mass is 16.5. The molecule has 0 spiro atoms. The van der Waals surface area contributed by atoms with Gasteiger partial charge in [-0.05, 0) is 44.6 Å². The van der Waals surface area contributed by atoms with Crippen LogP contribution in [0.2, 0.25) is 0 Å². The second kappa shape index (κ2) is 5.33. The van der Waals surface area contributed by atoms with Crippen LogP contribution in [-0.4, -0.2) is 42.4 Å². The molecule has 1 aliphatic heterocycles. The SMILES string of the molecule is COC(=O)c1c(C)n([C@H](C)C23CC(NC4COC4)(C2)C3)c2ccccc12. The van der Waals surface area contributed by atoms with Gasteiger partial charge in [-0.3, -0.25) is 0 Å². The van der Waals surface area contributed by atoms with Crippen LogP contribution >= 0.6 is 0 Å². The Balaban J connectivity index is 1.47. The topological polar surface area (TPSA) is 52.5 Å². The molecule has 4 fully saturated rings. The quantitative estimate of drug-likeness (QED) is 0.838. The molecule has 0 amide bonds. The fraction of sp³-hybridized carbons (Fsp3) is 0.571. The standard InChI is InChI=1S/C21H26N2O3/c1-13-18(19(24)25-3)16-6-4-5-7-17(16)23(13)14(2)20-10-21(11-20,12-20)22-15-8-26-9-15/h4-7,14-15,22H,8-12H2,1-3H3/t14-,20?,21?/m1/s1. The molecule has 2 aromatic rings. The molecule has 1 aromatic heterocycles. The first-order chi connectivity index (χ1) is 12.5. The Bertz CT molecular complexity index is 876. The van der Waals surface area contributed by atoms with Crippen molar-refractivity contribution in [1.29, 1.82) is 0 Å². The molecule has 4 aliphatic rings. The number of benzene rings is 1. The molecule has 5 heteroatoms. The number of ether oxygens (including phenoxy) is 2. The number of rotatable bonds is 5. The van der Waals surface area contributed by atoms with E-state index in [1.54, 1.807) is 0 Å². The van der Waals surface area contributed by atoms with Crippen molar-refractivity contribution < 1.29 is 14.3 Å². The molecule has 1 atom stereocenters. The predicted molar refractivity (Wildman–Crippen MR) is 99.5 cm³/mol. The van der Waals surface area contributed by atoms with Gasteiger partial charge in [-0.1, -0.05) is 18.2 Å². The van der Waals surface area contributed by atoms with E-state index in [1.165, 1.54) is 26.4 Å². The fourth-order valence-corrected chi connectivity index (χ4v) is 5.74. The third-order valence-electron chi connectivity index (χ3n) is 7.04. The van der Waals surface area contributed by atoms with Crippen molar-refractivity contribution in [2.75, 3.05) is 20.3 Å². The van der Waals surface area contributed by atoms with Crippen molar-refractivity contribution in [2.45, 2.75) is 50.7 Å². The molecule has 2 heterocycles. The summed E-state index contributed by atoms with van der Waals surface area (Å²) in [7, 11) is 1.46. The Morgan fingerprint density at radius 3 is 2.62 bits per heavy atom. The maximum atomic E-state index is 12.4. The normalized spacial score (nSPS) is 31.0. The zero-order chi connectivity index (χ0) is 18.1. The lowest BCUT2D eigenvalue weighted by molar-refractivity contribution is -0.197. The van der Waals surface area contributed by atoms with Crippen LogP contribution in [0.15, 0.2) is 24.3 Å². The number of hydrogen-bond acceptors (Lipinski definition) is 4. The van der Waals surface area contributed by atoms with E-state index in [-0.39, 0.29) is 5.97 Å². The summed E-state index contributed by atoms with van der Waals surface area (Å²) in [5.74, 6) is -0.245. The molecule has 6 rings (SSSR count). The third-order valence-corrected chi connectivity index (χ3v) is 7.04. The minimum atomic E-state index is -0.245. The average molecular weight is 354 g/mol. The number of nitrogens with zero attached hydrogens (tertiary/aromatic N) is 1. The van der Waals surface area contributed by atoms with Crippen LogP contribution in [0.25, 0.3) is 10.9 Å². The summed E-state index contributed by atoms with van der Waals surface area (Å²) < 4.78 is 12.7. The molecule has 2 bridgehead atoms. The highest BCUT2D eigenvalue weighted by Crippen LogP contribution is 2.72. The van der Waals surface area contributed by atoms with Gasteiger partial charge in [-0.25, -0.2) is 4.79 Å². The lowest BCUT2D eigenvalue weighted by atomic mass is 9.37. The van der Waals surface area contributed by atoms with Gasteiger partial charge in [0.2, 0.25) is 0 Å². The van der Waals surface area contributed by atoms with E-state index in [0.717, 1.165) is 29.8 Å². The number of hydrogen-bond donors (Lipinski definition) is 1. The number of fused-ring (bicyclic) bond motifs is 1. The lowest BCUT2D eigenvalue weighted by Gasteiger charge is -2.74. The predicted octanol–water partition coefficient (Wildman–Crippen LogP) is 3.21. The Morgan fingerprint density at radius 1 is 1.31 bits per heavy atom. The van der Waals surface area contributed by atoms with Crippen molar-refractivity contribution in [1.82, 2.24) is 9.88 Å². The number of para-hydroxylation sites is 1. The van der Waals surface area contributed by atoms with E-state index < -0.39 is 0 Å². The van der Waals surface area contributed by atoms with Gasteiger partial charge in [0.15, 0.2) is 0 Å². The summed E-state index contributed by atoms with van der Waals surface area (Å²) in [6.45, 7) is 6.08. The Labute approximate surface area is 153 Å². The molecule has 5 nitrogen and oxygen atoms in total. The number of aromatic nitrogens is 1.